The molecule has 3 rings (SSSR count). The second-order valence-corrected chi connectivity index (χ2v) is 6.31. The number of aromatic amines is 1. The minimum Gasteiger partial charge on any atom is -0.374 e. The average Bonchev–Trinajstić information content (AvgIpc) is 2.94. The van der Waals surface area contributed by atoms with E-state index in [0.29, 0.717) is 43.3 Å². The van der Waals surface area contributed by atoms with Gasteiger partial charge in [0.05, 0.1) is 19.1 Å². The van der Waals surface area contributed by atoms with Gasteiger partial charge in [-0.1, -0.05) is 0 Å². The molecule has 1 aliphatic heterocycles. The lowest BCUT2D eigenvalue weighted by Gasteiger charge is -2.24. The highest BCUT2D eigenvalue weighted by molar-refractivity contribution is 5.79. The minimum atomic E-state index is -0.238. The van der Waals surface area contributed by atoms with E-state index in [1.54, 1.807) is 29.6 Å². The molecule has 0 aliphatic carbocycles. The van der Waals surface area contributed by atoms with Crippen LogP contribution < -0.4 is 5.56 Å². The summed E-state index contributed by atoms with van der Waals surface area (Å²) in [5.74, 6) is 0.483. The van der Waals surface area contributed by atoms with Crippen LogP contribution in [0.3, 0.4) is 0 Å². The third-order valence-electron chi connectivity index (χ3n) is 4.32. The third kappa shape index (κ3) is 4.33. The maximum absolute atomic E-state index is 12.7. The van der Waals surface area contributed by atoms with Gasteiger partial charge in [-0.05, 0) is 26.3 Å². The van der Waals surface area contributed by atoms with E-state index < -0.39 is 0 Å². The predicted molar refractivity (Wildman–Crippen MR) is 91.2 cm³/mol. The van der Waals surface area contributed by atoms with Crippen molar-refractivity contribution in [2.45, 2.75) is 39.3 Å². The molecule has 1 amide bonds. The van der Waals surface area contributed by atoms with E-state index in [4.69, 9.17) is 4.74 Å². The zero-order chi connectivity index (χ0) is 17.8. The molecule has 0 aromatic carbocycles. The summed E-state index contributed by atoms with van der Waals surface area (Å²) in [5.41, 5.74) is 0.802. The summed E-state index contributed by atoms with van der Waals surface area (Å²) in [6.45, 7) is 5.83. The van der Waals surface area contributed by atoms with E-state index in [1.165, 1.54) is 0 Å². The van der Waals surface area contributed by atoms with E-state index in [0.717, 1.165) is 6.42 Å². The molecule has 1 saturated heterocycles. The fraction of sp³-hybridized carbons (Fsp3) is 0.529. The molecule has 0 spiro atoms. The van der Waals surface area contributed by atoms with E-state index in [1.807, 2.05) is 12.3 Å². The highest BCUT2D eigenvalue weighted by Crippen LogP contribution is 2.11. The topological polar surface area (TPSA) is 93.1 Å². The van der Waals surface area contributed by atoms with E-state index >= 15 is 0 Å². The van der Waals surface area contributed by atoms with Crippen molar-refractivity contribution in [3.05, 3.63) is 45.9 Å². The highest BCUT2D eigenvalue weighted by Gasteiger charge is 2.24. The van der Waals surface area contributed by atoms with Crippen LogP contribution in [0.4, 0.5) is 0 Å². The molecule has 2 aromatic rings. The Morgan fingerprint density at radius 1 is 1.44 bits per heavy atom. The highest BCUT2D eigenvalue weighted by atomic mass is 16.5. The first-order valence-electron chi connectivity index (χ1n) is 8.46. The number of hydrogen-bond donors (Lipinski definition) is 1. The third-order valence-corrected chi connectivity index (χ3v) is 4.32. The quantitative estimate of drug-likeness (QED) is 0.868. The number of aromatic nitrogens is 4. The molecule has 0 saturated carbocycles. The van der Waals surface area contributed by atoms with Gasteiger partial charge in [-0.15, -0.1) is 0 Å². The standard InChI is InChI=1S/C17H23N5O3/c1-12-15(17(24)20-13(2)19-12)9-16(23)21-6-4-8-25-14(10-21)11-22-7-3-5-18-22/h3,5,7,14H,4,6,8-11H2,1-2H3,(H,19,20,24). The van der Waals surface area contributed by atoms with E-state index in [2.05, 4.69) is 15.1 Å². The number of nitrogens with one attached hydrogen (secondary N) is 1. The summed E-state index contributed by atoms with van der Waals surface area (Å²) >= 11 is 0. The maximum atomic E-state index is 12.7. The number of aryl methyl sites for hydroxylation is 2. The molecular formula is C17H23N5O3. The van der Waals surface area contributed by atoms with E-state index in [9.17, 15) is 9.59 Å². The average molecular weight is 345 g/mol. The van der Waals surface area contributed by atoms with Crippen LogP contribution in [-0.2, 0) is 22.5 Å². The van der Waals surface area contributed by atoms with Gasteiger partial charge in [-0.3, -0.25) is 14.3 Å². The number of rotatable bonds is 4. The van der Waals surface area contributed by atoms with Crippen molar-refractivity contribution in [1.29, 1.82) is 0 Å². The van der Waals surface area contributed by atoms with Gasteiger partial charge < -0.3 is 14.6 Å². The largest absolute Gasteiger partial charge is 0.374 e. The fourth-order valence-corrected chi connectivity index (χ4v) is 3.07. The van der Waals surface area contributed by atoms with Crippen LogP contribution in [0.15, 0.2) is 23.3 Å². The minimum absolute atomic E-state index is 0.0585. The summed E-state index contributed by atoms with van der Waals surface area (Å²) < 4.78 is 7.64. The Balaban J connectivity index is 1.69. The monoisotopic (exact) mass is 345 g/mol. The van der Waals surface area contributed by atoms with Crippen molar-refractivity contribution in [3.63, 3.8) is 0 Å². The van der Waals surface area contributed by atoms with Gasteiger partial charge in [0.25, 0.3) is 5.56 Å². The number of hydrogen-bond acceptors (Lipinski definition) is 5. The first kappa shape index (κ1) is 17.3. The van der Waals surface area contributed by atoms with Gasteiger partial charge in [0.1, 0.15) is 5.82 Å². The normalized spacial score (nSPS) is 18.2. The maximum Gasteiger partial charge on any atom is 0.254 e. The van der Waals surface area contributed by atoms with Gasteiger partial charge in [0, 0.05) is 43.3 Å². The van der Waals surface area contributed by atoms with Crippen LogP contribution in [-0.4, -0.2) is 56.4 Å². The lowest BCUT2D eigenvalue weighted by atomic mass is 10.1. The number of H-pyrrole nitrogens is 1. The molecule has 1 N–H and O–H groups in total. The van der Waals surface area contributed by atoms with Crippen molar-refractivity contribution in [2.75, 3.05) is 19.7 Å². The molecule has 0 bridgehead atoms. The van der Waals surface area contributed by atoms with Crippen LogP contribution >= 0.6 is 0 Å². The fourth-order valence-electron chi connectivity index (χ4n) is 3.07. The van der Waals surface area contributed by atoms with Gasteiger partial charge in [0.15, 0.2) is 0 Å². The lowest BCUT2D eigenvalue weighted by Crippen LogP contribution is -2.40. The number of carbonyl (C=O) groups excluding carboxylic acids is 1. The smallest absolute Gasteiger partial charge is 0.254 e. The van der Waals surface area contributed by atoms with Crippen LogP contribution in [0, 0.1) is 13.8 Å². The zero-order valence-electron chi connectivity index (χ0n) is 14.6. The zero-order valence-corrected chi connectivity index (χ0v) is 14.6. The van der Waals surface area contributed by atoms with Crippen LogP contribution in [0.25, 0.3) is 0 Å². The van der Waals surface area contributed by atoms with Gasteiger partial charge >= 0.3 is 0 Å². The second-order valence-electron chi connectivity index (χ2n) is 6.31. The molecule has 134 valence electrons. The van der Waals surface area contributed by atoms with Crippen LogP contribution in [0.2, 0.25) is 0 Å². The van der Waals surface area contributed by atoms with Gasteiger partial charge in [-0.2, -0.15) is 5.10 Å². The molecule has 2 aromatic heterocycles. The summed E-state index contributed by atoms with van der Waals surface area (Å²) in [4.78, 5) is 33.5. The molecule has 1 unspecified atom stereocenters. The molecular weight excluding hydrogens is 322 g/mol. The first-order chi connectivity index (χ1) is 12.0. The number of amides is 1. The molecule has 25 heavy (non-hydrogen) atoms. The van der Waals surface area contributed by atoms with Crippen molar-refractivity contribution in [3.8, 4) is 0 Å². The Morgan fingerprint density at radius 2 is 2.28 bits per heavy atom. The van der Waals surface area contributed by atoms with Crippen molar-refractivity contribution >= 4 is 5.91 Å². The number of nitrogens with zero attached hydrogens (tertiary/aromatic N) is 4. The molecule has 3 heterocycles. The molecule has 1 atom stereocenters. The molecule has 1 aliphatic rings. The Bertz CT molecular complexity index is 784. The summed E-state index contributed by atoms with van der Waals surface area (Å²) in [6, 6.07) is 1.86. The summed E-state index contributed by atoms with van der Waals surface area (Å²) in [6.07, 6.45) is 4.33. The molecule has 1 fully saturated rings. The summed E-state index contributed by atoms with van der Waals surface area (Å²) in [5, 5.41) is 4.19. The number of ether oxygens (including phenoxy) is 1. The van der Waals surface area contributed by atoms with Crippen molar-refractivity contribution in [2.24, 2.45) is 0 Å². The first-order valence-corrected chi connectivity index (χ1v) is 8.46. The van der Waals surface area contributed by atoms with Crippen LogP contribution in [0.1, 0.15) is 23.5 Å². The second kappa shape index (κ2) is 7.60. The number of carbonyl (C=O) groups is 1. The molecule has 0 radical (unpaired) electrons. The SMILES string of the molecule is Cc1nc(C)c(CC(=O)N2CCCOC(Cn3cccn3)C2)c(=O)[nH]1. The molecule has 8 heteroatoms. The van der Waals surface area contributed by atoms with Gasteiger partial charge in [-0.25, -0.2) is 4.98 Å². The Kier molecular flexibility index (Phi) is 5.28. The van der Waals surface area contributed by atoms with Crippen molar-refractivity contribution < 1.29 is 9.53 Å². The Morgan fingerprint density at radius 3 is 3.00 bits per heavy atom. The predicted octanol–water partition coefficient (Wildman–Crippen LogP) is 0.443. The Hall–Kier alpha value is -2.48. The lowest BCUT2D eigenvalue weighted by molar-refractivity contribution is -0.131. The Labute approximate surface area is 145 Å². The molecule has 8 nitrogen and oxygen atoms in total. The van der Waals surface area contributed by atoms with Crippen LogP contribution in [0.5, 0.6) is 0 Å². The van der Waals surface area contributed by atoms with E-state index in [-0.39, 0.29) is 24.0 Å². The van der Waals surface area contributed by atoms with Gasteiger partial charge in [0.2, 0.25) is 5.91 Å². The summed E-state index contributed by atoms with van der Waals surface area (Å²) in [7, 11) is 0. The van der Waals surface area contributed by atoms with Crippen molar-refractivity contribution in [1.82, 2.24) is 24.6 Å².